The Morgan fingerprint density at radius 1 is 1.30 bits per heavy atom. The lowest BCUT2D eigenvalue weighted by Crippen LogP contribution is -2.42. The van der Waals surface area contributed by atoms with Crippen molar-refractivity contribution in [2.45, 2.75) is 12.8 Å². The predicted octanol–water partition coefficient (Wildman–Crippen LogP) is 1.99. The fourth-order valence-electron chi connectivity index (χ4n) is 2.33. The molecule has 1 aliphatic heterocycles. The quantitative estimate of drug-likeness (QED) is 0.780. The molecule has 4 nitrogen and oxygen atoms in total. The molecule has 0 saturated carbocycles. The first kappa shape index (κ1) is 14.4. The number of likely N-dealkylation sites (tertiary alicyclic amines) is 1. The highest BCUT2D eigenvalue weighted by Crippen LogP contribution is 2.20. The summed E-state index contributed by atoms with van der Waals surface area (Å²) in [5.74, 6) is -3.17. The second-order valence-corrected chi connectivity index (χ2v) is 4.74. The van der Waals surface area contributed by atoms with E-state index in [1.54, 1.807) is 0 Å². The van der Waals surface area contributed by atoms with Crippen LogP contribution in [0.25, 0.3) is 0 Å². The van der Waals surface area contributed by atoms with Crippen LogP contribution in [0.15, 0.2) is 18.2 Å². The predicted molar refractivity (Wildman–Crippen MR) is 67.0 cm³/mol. The van der Waals surface area contributed by atoms with Gasteiger partial charge >= 0.3 is 5.97 Å². The first-order valence-corrected chi connectivity index (χ1v) is 6.35. The number of hydrogen-bond acceptors (Lipinski definition) is 3. The van der Waals surface area contributed by atoms with Gasteiger partial charge in [-0.05, 0) is 31.0 Å². The van der Waals surface area contributed by atoms with Crippen molar-refractivity contribution in [3.8, 4) is 0 Å². The third-order valence-corrected chi connectivity index (χ3v) is 3.41. The van der Waals surface area contributed by atoms with E-state index in [-0.39, 0.29) is 24.0 Å². The van der Waals surface area contributed by atoms with E-state index >= 15 is 0 Å². The van der Waals surface area contributed by atoms with Crippen LogP contribution >= 0.6 is 0 Å². The molecule has 1 aromatic rings. The third kappa shape index (κ3) is 2.95. The number of halogens is 2. The van der Waals surface area contributed by atoms with Gasteiger partial charge in [-0.3, -0.25) is 9.59 Å². The Labute approximate surface area is 115 Å². The molecule has 0 aliphatic carbocycles. The molecular weight excluding hydrogens is 268 g/mol. The van der Waals surface area contributed by atoms with Gasteiger partial charge in [-0.15, -0.1) is 0 Å². The molecule has 0 spiro atoms. The lowest BCUT2D eigenvalue weighted by Gasteiger charge is -2.31. The molecule has 0 bridgehead atoms. The number of amides is 1. The first-order chi connectivity index (χ1) is 9.52. The Morgan fingerprint density at radius 2 is 2.05 bits per heavy atom. The lowest BCUT2D eigenvalue weighted by molar-refractivity contribution is -0.146. The van der Waals surface area contributed by atoms with Crippen molar-refractivity contribution in [1.82, 2.24) is 4.90 Å². The van der Waals surface area contributed by atoms with E-state index < -0.39 is 17.5 Å². The summed E-state index contributed by atoms with van der Waals surface area (Å²) in [5.41, 5.74) is 0.0782. The number of carbonyl (C=O) groups excluding carboxylic acids is 2. The van der Waals surface area contributed by atoms with Crippen LogP contribution in [0.4, 0.5) is 8.78 Å². The Hall–Kier alpha value is -1.98. The Kier molecular flexibility index (Phi) is 4.32. The minimum absolute atomic E-state index is 0.0782. The normalized spacial score (nSPS) is 18.8. The summed E-state index contributed by atoms with van der Waals surface area (Å²) < 4.78 is 30.7. The Morgan fingerprint density at radius 3 is 2.70 bits per heavy atom. The molecule has 0 N–H and O–H groups in total. The van der Waals surface area contributed by atoms with Crippen molar-refractivity contribution in [2.24, 2.45) is 5.92 Å². The number of esters is 1. The van der Waals surface area contributed by atoms with Gasteiger partial charge in [0.25, 0.3) is 5.91 Å². The highest BCUT2D eigenvalue weighted by atomic mass is 19.2. The fraction of sp³-hybridized carbons (Fsp3) is 0.429. The molecule has 0 aromatic heterocycles. The molecule has 108 valence electrons. The number of nitrogens with zero attached hydrogens (tertiary/aromatic N) is 1. The van der Waals surface area contributed by atoms with Gasteiger partial charge in [0.1, 0.15) is 0 Å². The topological polar surface area (TPSA) is 46.6 Å². The molecule has 1 heterocycles. The van der Waals surface area contributed by atoms with Gasteiger partial charge in [0.2, 0.25) is 0 Å². The van der Waals surface area contributed by atoms with Crippen LogP contribution < -0.4 is 0 Å². The molecular formula is C14H15F2NO3. The zero-order chi connectivity index (χ0) is 14.7. The minimum atomic E-state index is -1.06. The van der Waals surface area contributed by atoms with E-state index in [1.165, 1.54) is 18.1 Å². The highest BCUT2D eigenvalue weighted by Gasteiger charge is 2.29. The van der Waals surface area contributed by atoms with Gasteiger partial charge in [0, 0.05) is 18.7 Å². The number of carbonyl (C=O) groups is 2. The number of benzene rings is 1. The van der Waals surface area contributed by atoms with Crippen LogP contribution in [0.2, 0.25) is 0 Å². The van der Waals surface area contributed by atoms with Gasteiger partial charge in [0.05, 0.1) is 13.0 Å². The highest BCUT2D eigenvalue weighted by molar-refractivity contribution is 5.94. The maximum Gasteiger partial charge on any atom is 0.310 e. The number of methoxy groups -OCH3 is 1. The van der Waals surface area contributed by atoms with E-state index in [9.17, 15) is 18.4 Å². The molecule has 0 unspecified atom stereocenters. The molecule has 20 heavy (non-hydrogen) atoms. The van der Waals surface area contributed by atoms with Gasteiger partial charge in [-0.1, -0.05) is 0 Å². The fourth-order valence-corrected chi connectivity index (χ4v) is 2.33. The summed E-state index contributed by atoms with van der Waals surface area (Å²) in [6.45, 7) is 0.732. The molecule has 1 aromatic carbocycles. The number of ether oxygens (including phenoxy) is 1. The van der Waals surface area contributed by atoms with Crippen LogP contribution in [0.5, 0.6) is 0 Å². The molecule has 1 atom stereocenters. The van der Waals surface area contributed by atoms with Crippen molar-refractivity contribution in [3.05, 3.63) is 35.4 Å². The third-order valence-electron chi connectivity index (χ3n) is 3.41. The smallest absolute Gasteiger partial charge is 0.310 e. The van der Waals surface area contributed by atoms with Crippen LogP contribution in [0.3, 0.4) is 0 Å². The monoisotopic (exact) mass is 283 g/mol. The van der Waals surface area contributed by atoms with Crippen LogP contribution in [0, 0.1) is 17.6 Å². The van der Waals surface area contributed by atoms with Crippen molar-refractivity contribution in [2.75, 3.05) is 20.2 Å². The molecule has 0 radical (unpaired) electrons. The van der Waals surface area contributed by atoms with Crippen molar-refractivity contribution in [3.63, 3.8) is 0 Å². The van der Waals surface area contributed by atoms with Gasteiger partial charge in [0.15, 0.2) is 11.6 Å². The molecule has 1 aliphatic rings. The van der Waals surface area contributed by atoms with Gasteiger partial charge in [-0.2, -0.15) is 0 Å². The summed E-state index contributed by atoms with van der Waals surface area (Å²) in [7, 11) is 1.30. The van der Waals surface area contributed by atoms with Crippen LogP contribution in [-0.2, 0) is 9.53 Å². The Balaban J connectivity index is 2.12. The molecule has 1 amide bonds. The Bertz CT molecular complexity index is 533. The van der Waals surface area contributed by atoms with E-state index in [1.807, 2.05) is 0 Å². The standard InChI is InChI=1S/C14H15F2NO3/c1-20-14(19)10-3-2-6-17(8-10)13(18)9-4-5-11(15)12(16)7-9/h4-5,7,10H,2-3,6,8H2,1H3/t10-/m0/s1. The lowest BCUT2D eigenvalue weighted by atomic mass is 9.97. The summed E-state index contributed by atoms with van der Waals surface area (Å²) in [4.78, 5) is 25.2. The van der Waals surface area contributed by atoms with Gasteiger partial charge < -0.3 is 9.64 Å². The number of rotatable bonds is 2. The number of piperidine rings is 1. The van der Waals surface area contributed by atoms with Crippen molar-refractivity contribution in [1.29, 1.82) is 0 Å². The molecule has 6 heteroatoms. The van der Waals surface area contributed by atoms with Crippen molar-refractivity contribution < 1.29 is 23.1 Å². The zero-order valence-corrected chi connectivity index (χ0v) is 11.1. The largest absolute Gasteiger partial charge is 0.469 e. The van der Waals surface area contributed by atoms with E-state index in [4.69, 9.17) is 0 Å². The van der Waals surface area contributed by atoms with E-state index in [0.717, 1.165) is 12.1 Å². The summed E-state index contributed by atoms with van der Waals surface area (Å²) >= 11 is 0. The minimum Gasteiger partial charge on any atom is -0.469 e. The van der Waals surface area contributed by atoms with Crippen molar-refractivity contribution >= 4 is 11.9 Å². The maximum atomic E-state index is 13.1. The average molecular weight is 283 g/mol. The molecule has 1 saturated heterocycles. The zero-order valence-electron chi connectivity index (χ0n) is 11.1. The van der Waals surface area contributed by atoms with Crippen LogP contribution in [-0.4, -0.2) is 37.0 Å². The number of hydrogen-bond donors (Lipinski definition) is 0. The first-order valence-electron chi connectivity index (χ1n) is 6.35. The average Bonchev–Trinajstić information content (AvgIpc) is 2.48. The second kappa shape index (κ2) is 5.98. The van der Waals surface area contributed by atoms with E-state index in [2.05, 4.69) is 4.74 Å². The summed E-state index contributed by atoms with van der Waals surface area (Å²) in [5, 5.41) is 0. The second-order valence-electron chi connectivity index (χ2n) is 4.74. The maximum absolute atomic E-state index is 13.1. The van der Waals surface area contributed by atoms with Gasteiger partial charge in [-0.25, -0.2) is 8.78 Å². The van der Waals surface area contributed by atoms with Crippen LogP contribution in [0.1, 0.15) is 23.2 Å². The summed E-state index contributed by atoms with van der Waals surface area (Å²) in [6.07, 6.45) is 1.34. The van der Waals surface area contributed by atoms with E-state index in [0.29, 0.717) is 19.4 Å². The SMILES string of the molecule is COC(=O)[C@H]1CCCN(C(=O)c2ccc(F)c(F)c2)C1. The molecule has 1 fully saturated rings. The summed E-state index contributed by atoms with van der Waals surface area (Å²) in [6, 6.07) is 3.03. The molecule has 2 rings (SSSR count).